The molecule has 2 rings (SSSR count). The topological polar surface area (TPSA) is 26.3 Å². The Morgan fingerprint density at radius 1 is 1.00 bits per heavy atom. The molecule has 1 unspecified atom stereocenters. The van der Waals surface area contributed by atoms with Gasteiger partial charge in [-0.05, 0) is 54.3 Å². The van der Waals surface area contributed by atoms with Gasteiger partial charge in [-0.25, -0.2) is 4.79 Å². The van der Waals surface area contributed by atoms with Gasteiger partial charge in [0.05, 0.1) is 6.10 Å². The molecule has 1 atom stereocenters. The predicted molar refractivity (Wildman–Crippen MR) is 101 cm³/mol. The summed E-state index contributed by atoms with van der Waals surface area (Å²) in [6, 6.07) is 15.8. The van der Waals surface area contributed by atoms with E-state index in [4.69, 9.17) is 4.74 Å². The minimum Gasteiger partial charge on any atom is -0.460 e. The maximum atomic E-state index is 12.2. The van der Waals surface area contributed by atoms with Crippen LogP contribution >= 0.6 is 31.9 Å². The van der Waals surface area contributed by atoms with Crippen LogP contribution in [0, 0.1) is 0 Å². The molecule has 120 valence electrons. The first kappa shape index (κ1) is 18.0. The number of esters is 1. The standard InChI is InChI=1S/C19H18Br2O2/c1-3-13(2)23-19(22)12-18(14-4-8-16(20)9-5-14)15-6-10-17(21)11-7-15/h4-13H,3H2,1-2H3. The molecule has 0 saturated carbocycles. The van der Waals surface area contributed by atoms with E-state index in [-0.39, 0.29) is 12.1 Å². The highest BCUT2D eigenvalue weighted by molar-refractivity contribution is 9.10. The van der Waals surface area contributed by atoms with E-state index >= 15 is 0 Å². The summed E-state index contributed by atoms with van der Waals surface area (Å²) in [5.41, 5.74) is 2.78. The van der Waals surface area contributed by atoms with Crippen LogP contribution in [0.2, 0.25) is 0 Å². The zero-order valence-corrected chi connectivity index (χ0v) is 16.2. The quantitative estimate of drug-likeness (QED) is 0.424. The highest BCUT2D eigenvalue weighted by atomic mass is 79.9. The molecule has 4 heteroatoms. The summed E-state index contributed by atoms with van der Waals surface area (Å²) in [6.07, 6.45) is 2.28. The highest BCUT2D eigenvalue weighted by Gasteiger charge is 2.11. The monoisotopic (exact) mass is 436 g/mol. The molecule has 0 saturated heterocycles. The minimum atomic E-state index is -0.319. The number of benzene rings is 2. The van der Waals surface area contributed by atoms with E-state index in [9.17, 15) is 4.79 Å². The Morgan fingerprint density at radius 3 is 1.83 bits per heavy atom. The van der Waals surface area contributed by atoms with Crippen molar-refractivity contribution in [2.75, 3.05) is 0 Å². The maximum absolute atomic E-state index is 12.2. The SMILES string of the molecule is CCC(C)OC(=O)C=C(c1ccc(Br)cc1)c1ccc(Br)cc1. The van der Waals surface area contributed by atoms with Gasteiger partial charge in [0.15, 0.2) is 0 Å². The number of rotatable bonds is 5. The number of ether oxygens (including phenoxy) is 1. The lowest BCUT2D eigenvalue weighted by Gasteiger charge is -2.12. The Labute approximate surface area is 153 Å². The second kappa shape index (κ2) is 8.46. The van der Waals surface area contributed by atoms with Crippen LogP contribution in [0.3, 0.4) is 0 Å². The molecule has 0 aromatic heterocycles. The van der Waals surface area contributed by atoms with Crippen molar-refractivity contribution in [2.45, 2.75) is 26.4 Å². The van der Waals surface area contributed by atoms with E-state index in [2.05, 4.69) is 31.9 Å². The van der Waals surface area contributed by atoms with Crippen molar-refractivity contribution < 1.29 is 9.53 Å². The summed E-state index contributed by atoms with van der Waals surface area (Å²) < 4.78 is 7.38. The number of hydrogen-bond donors (Lipinski definition) is 0. The molecule has 0 N–H and O–H groups in total. The first-order valence-corrected chi connectivity index (χ1v) is 9.02. The van der Waals surface area contributed by atoms with Gasteiger partial charge in [0.1, 0.15) is 0 Å². The summed E-state index contributed by atoms with van der Waals surface area (Å²) in [5, 5.41) is 0. The van der Waals surface area contributed by atoms with Crippen LogP contribution in [0.25, 0.3) is 5.57 Å². The van der Waals surface area contributed by atoms with Crippen molar-refractivity contribution in [2.24, 2.45) is 0 Å². The van der Waals surface area contributed by atoms with Crippen LogP contribution < -0.4 is 0 Å². The number of hydrogen-bond acceptors (Lipinski definition) is 2. The van der Waals surface area contributed by atoms with Crippen molar-refractivity contribution in [1.29, 1.82) is 0 Å². The Morgan fingerprint density at radius 2 is 1.43 bits per heavy atom. The van der Waals surface area contributed by atoms with E-state index in [1.807, 2.05) is 62.4 Å². The third-order valence-electron chi connectivity index (χ3n) is 3.46. The zero-order valence-electron chi connectivity index (χ0n) is 13.1. The summed E-state index contributed by atoms with van der Waals surface area (Å²) in [4.78, 5) is 12.2. The molecule has 2 aromatic rings. The second-order valence-electron chi connectivity index (χ2n) is 5.23. The molecule has 0 radical (unpaired) electrons. The van der Waals surface area contributed by atoms with Gasteiger partial charge in [-0.1, -0.05) is 63.0 Å². The fourth-order valence-corrected chi connectivity index (χ4v) is 2.55. The molecule has 23 heavy (non-hydrogen) atoms. The van der Waals surface area contributed by atoms with E-state index < -0.39 is 0 Å². The van der Waals surface area contributed by atoms with E-state index in [0.29, 0.717) is 0 Å². The normalized spacial score (nSPS) is 11.7. The van der Waals surface area contributed by atoms with Gasteiger partial charge in [0, 0.05) is 15.0 Å². The van der Waals surface area contributed by atoms with Crippen molar-refractivity contribution in [1.82, 2.24) is 0 Å². The molecule has 2 aromatic carbocycles. The fourth-order valence-electron chi connectivity index (χ4n) is 2.03. The molecule has 0 bridgehead atoms. The number of carbonyl (C=O) groups excluding carboxylic acids is 1. The summed E-state index contributed by atoms with van der Waals surface area (Å²) in [5.74, 6) is -0.319. The van der Waals surface area contributed by atoms with Crippen molar-refractivity contribution in [3.63, 3.8) is 0 Å². The summed E-state index contributed by atoms with van der Waals surface area (Å²) in [6.45, 7) is 3.89. The molecule has 2 nitrogen and oxygen atoms in total. The maximum Gasteiger partial charge on any atom is 0.331 e. The molecule has 0 amide bonds. The van der Waals surface area contributed by atoms with Crippen LogP contribution in [0.4, 0.5) is 0 Å². The Balaban J connectivity index is 2.40. The van der Waals surface area contributed by atoms with Gasteiger partial charge >= 0.3 is 5.97 Å². The zero-order chi connectivity index (χ0) is 16.8. The van der Waals surface area contributed by atoms with Gasteiger partial charge in [-0.2, -0.15) is 0 Å². The molecule has 0 heterocycles. The third kappa shape index (κ3) is 5.33. The highest BCUT2D eigenvalue weighted by Crippen LogP contribution is 2.26. The smallest absolute Gasteiger partial charge is 0.331 e. The van der Waals surface area contributed by atoms with Crippen LogP contribution in [0.5, 0.6) is 0 Å². The molecule has 0 fully saturated rings. The lowest BCUT2D eigenvalue weighted by molar-refractivity contribution is -0.142. The lowest BCUT2D eigenvalue weighted by Crippen LogP contribution is -2.12. The van der Waals surface area contributed by atoms with Gasteiger partial charge in [-0.15, -0.1) is 0 Å². The molecule has 0 aliphatic heterocycles. The lowest BCUT2D eigenvalue weighted by atomic mass is 9.98. The minimum absolute atomic E-state index is 0.0881. The molecular weight excluding hydrogens is 420 g/mol. The van der Waals surface area contributed by atoms with Crippen molar-refractivity contribution in [3.8, 4) is 0 Å². The van der Waals surface area contributed by atoms with Gasteiger partial charge in [0.2, 0.25) is 0 Å². The Kier molecular flexibility index (Phi) is 6.60. The number of carbonyl (C=O) groups is 1. The van der Waals surface area contributed by atoms with Crippen LogP contribution in [0.1, 0.15) is 31.4 Å². The Hall–Kier alpha value is -1.39. The van der Waals surface area contributed by atoms with E-state index in [1.54, 1.807) is 6.08 Å². The molecule has 0 spiro atoms. The largest absolute Gasteiger partial charge is 0.460 e. The van der Waals surface area contributed by atoms with Crippen LogP contribution in [0.15, 0.2) is 63.6 Å². The Bertz CT molecular complexity index is 641. The first-order chi connectivity index (χ1) is 11.0. The molecular formula is C19H18Br2O2. The van der Waals surface area contributed by atoms with Crippen LogP contribution in [-0.2, 0) is 9.53 Å². The van der Waals surface area contributed by atoms with Gasteiger partial charge < -0.3 is 4.74 Å². The van der Waals surface area contributed by atoms with Gasteiger partial charge in [0.25, 0.3) is 0 Å². The van der Waals surface area contributed by atoms with Crippen LogP contribution in [-0.4, -0.2) is 12.1 Å². The van der Waals surface area contributed by atoms with E-state index in [0.717, 1.165) is 32.1 Å². The van der Waals surface area contributed by atoms with Crippen molar-refractivity contribution >= 4 is 43.4 Å². The van der Waals surface area contributed by atoms with E-state index in [1.165, 1.54) is 0 Å². The fraction of sp³-hybridized carbons (Fsp3) is 0.211. The van der Waals surface area contributed by atoms with Crippen molar-refractivity contribution in [3.05, 3.63) is 74.7 Å². The van der Waals surface area contributed by atoms with Gasteiger partial charge in [-0.3, -0.25) is 0 Å². The summed E-state index contributed by atoms with van der Waals surface area (Å²) in [7, 11) is 0. The second-order valence-corrected chi connectivity index (χ2v) is 7.06. The summed E-state index contributed by atoms with van der Waals surface area (Å²) >= 11 is 6.87. The molecule has 0 aliphatic rings. The first-order valence-electron chi connectivity index (χ1n) is 7.43. The molecule has 0 aliphatic carbocycles. The predicted octanol–water partition coefficient (Wildman–Crippen LogP) is 5.99. The third-order valence-corrected chi connectivity index (χ3v) is 4.52. The number of halogens is 2. The average molecular weight is 438 g/mol. The average Bonchev–Trinajstić information content (AvgIpc) is 2.54.